The Kier molecular flexibility index (Phi) is 5.23. The summed E-state index contributed by atoms with van der Waals surface area (Å²) in [6.45, 7) is 6.06. The average Bonchev–Trinajstić information content (AvgIpc) is 2.35. The van der Waals surface area contributed by atoms with Crippen molar-refractivity contribution in [1.82, 2.24) is 4.90 Å². The predicted octanol–water partition coefficient (Wildman–Crippen LogP) is 2.17. The molecular formula is C15H20FN3O. The van der Waals surface area contributed by atoms with Crippen LogP contribution in [0.25, 0.3) is 0 Å². The summed E-state index contributed by atoms with van der Waals surface area (Å²) < 4.78 is 13.8. The first-order chi connectivity index (χ1) is 9.26. The number of nitriles is 1. The molecule has 0 heterocycles. The van der Waals surface area contributed by atoms with E-state index in [-0.39, 0.29) is 24.4 Å². The van der Waals surface area contributed by atoms with E-state index in [1.54, 1.807) is 24.8 Å². The number of halogens is 1. The van der Waals surface area contributed by atoms with Gasteiger partial charge in [-0.2, -0.15) is 5.26 Å². The van der Waals surface area contributed by atoms with Crippen LogP contribution >= 0.6 is 0 Å². The minimum absolute atomic E-state index is 0.108. The van der Waals surface area contributed by atoms with Gasteiger partial charge in [0.2, 0.25) is 5.91 Å². The zero-order valence-corrected chi connectivity index (χ0v) is 12.1. The SMILES string of the molecule is CCN(Cc1ccc(C#N)cc1F)C(=O)CC(C)(C)N. The quantitative estimate of drug-likeness (QED) is 0.896. The molecule has 0 unspecified atom stereocenters. The van der Waals surface area contributed by atoms with Crippen LogP contribution in [0.4, 0.5) is 4.39 Å². The third kappa shape index (κ3) is 4.63. The van der Waals surface area contributed by atoms with Crippen molar-refractivity contribution in [2.24, 2.45) is 5.73 Å². The normalized spacial score (nSPS) is 11.0. The topological polar surface area (TPSA) is 70.1 Å². The van der Waals surface area contributed by atoms with Gasteiger partial charge < -0.3 is 10.6 Å². The van der Waals surface area contributed by atoms with Gasteiger partial charge in [-0.25, -0.2) is 4.39 Å². The van der Waals surface area contributed by atoms with Gasteiger partial charge >= 0.3 is 0 Å². The second-order valence-corrected chi connectivity index (χ2v) is 5.49. The molecule has 0 atom stereocenters. The third-order valence-electron chi connectivity index (χ3n) is 2.88. The first-order valence-electron chi connectivity index (χ1n) is 6.52. The van der Waals surface area contributed by atoms with Crippen molar-refractivity contribution in [2.75, 3.05) is 6.54 Å². The number of carbonyl (C=O) groups excluding carboxylic acids is 1. The van der Waals surface area contributed by atoms with E-state index in [9.17, 15) is 9.18 Å². The first-order valence-corrected chi connectivity index (χ1v) is 6.52. The Bertz CT molecular complexity index is 529. The molecule has 1 aromatic carbocycles. The van der Waals surface area contributed by atoms with E-state index in [1.165, 1.54) is 12.1 Å². The van der Waals surface area contributed by atoms with Crippen LogP contribution in [0.2, 0.25) is 0 Å². The van der Waals surface area contributed by atoms with E-state index in [4.69, 9.17) is 11.0 Å². The lowest BCUT2D eigenvalue weighted by molar-refractivity contribution is -0.132. The van der Waals surface area contributed by atoms with Gasteiger partial charge in [0.05, 0.1) is 11.6 Å². The smallest absolute Gasteiger partial charge is 0.224 e. The molecule has 0 saturated carbocycles. The highest BCUT2D eigenvalue weighted by Crippen LogP contribution is 2.15. The van der Waals surface area contributed by atoms with Gasteiger partial charge in [0, 0.05) is 30.6 Å². The van der Waals surface area contributed by atoms with Crippen LogP contribution in [0.15, 0.2) is 18.2 Å². The van der Waals surface area contributed by atoms with E-state index >= 15 is 0 Å². The van der Waals surface area contributed by atoms with E-state index in [2.05, 4.69) is 0 Å². The summed E-state index contributed by atoms with van der Waals surface area (Å²) in [4.78, 5) is 13.7. The zero-order valence-electron chi connectivity index (χ0n) is 12.1. The van der Waals surface area contributed by atoms with E-state index < -0.39 is 11.4 Å². The molecule has 0 spiro atoms. The van der Waals surface area contributed by atoms with E-state index in [1.807, 2.05) is 13.0 Å². The first kappa shape index (κ1) is 16.1. The maximum Gasteiger partial charge on any atom is 0.224 e. The predicted molar refractivity (Wildman–Crippen MR) is 75.1 cm³/mol. The maximum absolute atomic E-state index is 13.8. The molecular weight excluding hydrogens is 257 g/mol. The highest BCUT2D eigenvalue weighted by Gasteiger charge is 2.21. The molecule has 1 aromatic rings. The second kappa shape index (κ2) is 6.49. The summed E-state index contributed by atoms with van der Waals surface area (Å²) in [7, 11) is 0. The van der Waals surface area contributed by atoms with Crippen molar-refractivity contribution in [3.05, 3.63) is 35.1 Å². The molecule has 0 aliphatic rings. The Hall–Kier alpha value is -1.93. The van der Waals surface area contributed by atoms with Crippen LogP contribution in [-0.4, -0.2) is 22.9 Å². The highest BCUT2D eigenvalue weighted by atomic mass is 19.1. The summed E-state index contributed by atoms with van der Waals surface area (Å²) in [6, 6.07) is 6.14. The standard InChI is InChI=1S/C15H20FN3O/c1-4-19(14(20)8-15(2,3)18)10-12-6-5-11(9-17)7-13(12)16/h5-7H,4,8,10,18H2,1-3H3. The molecule has 0 aliphatic heterocycles. The number of amides is 1. The largest absolute Gasteiger partial charge is 0.338 e. The monoisotopic (exact) mass is 277 g/mol. The van der Waals surface area contributed by atoms with Crippen molar-refractivity contribution in [1.29, 1.82) is 5.26 Å². The Labute approximate surface area is 119 Å². The Balaban J connectivity index is 2.84. The van der Waals surface area contributed by atoms with Crippen LogP contribution in [0.5, 0.6) is 0 Å². The van der Waals surface area contributed by atoms with Gasteiger partial charge in [-0.3, -0.25) is 4.79 Å². The molecule has 0 saturated heterocycles. The van der Waals surface area contributed by atoms with Gasteiger partial charge in [0.1, 0.15) is 5.82 Å². The number of nitrogens with zero attached hydrogens (tertiary/aromatic N) is 2. The van der Waals surface area contributed by atoms with Crippen LogP contribution in [-0.2, 0) is 11.3 Å². The summed E-state index contributed by atoms with van der Waals surface area (Å²) in [5.74, 6) is -0.578. The van der Waals surface area contributed by atoms with E-state index in [0.717, 1.165) is 0 Å². The number of hydrogen-bond acceptors (Lipinski definition) is 3. The lowest BCUT2D eigenvalue weighted by Gasteiger charge is -2.25. The maximum atomic E-state index is 13.8. The molecule has 0 fully saturated rings. The highest BCUT2D eigenvalue weighted by molar-refractivity contribution is 5.77. The molecule has 108 valence electrons. The second-order valence-electron chi connectivity index (χ2n) is 5.49. The molecule has 2 N–H and O–H groups in total. The van der Waals surface area contributed by atoms with Gasteiger partial charge in [-0.1, -0.05) is 6.07 Å². The van der Waals surface area contributed by atoms with Gasteiger partial charge in [0.25, 0.3) is 0 Å². The van der Waals surface area contributed by atoms with Crippen LogP contribution in [0.3, 0.4) is 0 Å². The lowest BCUT2D eigenvalue weighted by Crippen LogP contribution is -2.41. The molecule has 0 aliphatic carbocycles. The van der Waals surface area contributed by atoms with Crippen molar-refractivity contribution in [3.8, 4) is 6.07 Å². The average molecular weight is 277 g/mol. The molecule has 0 bridgehead atoms. The van der Waals surface area contributed by atoms with Gasteiger partial charge in [-0.05, 0) is 32.9 Å². The molecule has 5 heteroatoms. The fourth-order valence-corrected chi connectivity index (χ4v) is 1.83. The fourth-order valence-electron chi connectivity index (χ4n) is 1.83. The Morgan fingerprint density at radius 2 is 2.15 bits per heavy atom. The molecule has 1 rings (SSSR count). The van der Waals surface area contributed by atoms with Crippen molar-refractivity contribution in [2.45, 2.75) is 39.3 Å². The molecule has 0 aromatic heterocycles. The lowest BCUT2D eigenvalue weighted by atomic mass is 10.0. The van der Waals surface area contributed by atoms with Crippen LogP contribution in [0, 0.1) is 17.1 Å². The number of carbonyl (C=O) groups is 1. The van der Waals surface area contributed by atoms with E-state index in [0.29, 0.717) is 12.1 Å². The number of benzene rings is 1. The Morgan fingerprint density at radius 1 is 1.50 bits per heavy atom. The third-order valence-corrected chi connectivity index (χ3v) is 2.88. The van der Waals surface area contributed by atoms with Crippen molar-refractivity contribution < 1.29 is 9.18 Å². The van der Waals surface area contributed by atoms with Gasteiger partial charge in [0.15, 0.2) is 0 Å². The van der Waals surface area contributed by atoms with Gasteiger partial charge in [-0.15, -0.1) is 0 Å². The number of nitrogens with two attached hydrogens (primary N) is 1. The number of hydrogen-bond donors (Lipinski definition) is 1. The minimum Gasteiger partial charge on any atom is -0.338 e. The zero-order chi connectivity index (χ0) is 15.3. The fraction of sp³-hybridized carbons (Fsp3) is 0.467. The van der Waals surface area contributed by atoms with Crippen LogP contribution < -0.4 is 5.73 Å². The number of rotatable bonds is 5. The summed E-state index contributed by atoms with van der Waals surface area (Å²) in [6.07, 6.45) is 0.207. The summed E-state index contributed by atoms with van der Waals surface area (Å²) in [5, 5.41) is 8.70. The minimum atomic E-state index is -0.590. The van der Waals surface area contributed by atoms with Crippen molar-refractivity contribution >= 4 is 5.91 Å². The molecule has 20 heavy (non-hydrogen) atoms. The van der Waals surface area contributed by atoms with Crippen LogP contribution in [0.1, 0.15) is 38.3 Å². The molecule has 4 nitrogen and oxygen atoms in total. The molecule has 1 amide bonds. The van der Waals surface area contributed by atoms with Crippen molar-refractivity contribution in [3.63, 3.8) is 0 Å². The molecule has 0 radical (unpaired) electrons. The summed E-state index contributed by atoms with van der Waals surface area (Å²) in [5.41, 5.74) is 5.91. The Morgan fingerprint density at radius 3 is 2.60 bits per heavy atom. The summed E-state index contributed by atoms with van der Waals surface area (Å²) >= 11 is 0.